The Morgan fingerprint density at radius 1 is 0.645 bits per heavy atom. The molecule has 5 rings (SSSR count). The van der Waals surface area contributed by atoms with Crippen molar-refractivity contribution < 1.29 is 9.31 Å². The van der Waals surface area contributed by atoms with Crippen molar-refractivity contribution in [3.63, 3.8) is 0 Å². The van der Waals surface area contributed by atoms with Crippen molar-refractivity contribution in [2.75, 3.05) is 0 Å². The van der Waals surface area contributed by atoms with Gasteiger partial charge in [0, 0.05) is 17.2 Å². The Morgan fingerprint density at radius 3 is 1.84 bits per heavy atom. The standard InChI is InChI=1S/C27H26BNO2/c1-26(2)27(3,4)31-28(30-26)20-14-17-25(29-18-20)24-16-15-21(19-10-6-5-7-11-19)22-12-8-9-13-23(22)24/h5-18H,1-4H3. The third-order valence-corrected chi connectivity index (χ3v) is 6.60. The van der Waals surface area contributed by atoms with Gasteiger partial charge in [-0.3, -0.25) is 4.98 Å². The topological polar surface area (TPSA) is 31.4 Å². The molecule has 2 heterocycles. The summed E-state index contributed by atoms with van der Waals surface area (Å²) >= 11 is 0. The average molecular weight is 407 g/mol. The van der Waals surface area contributed by atoms with E-state index in [1.165, 1.54) is 21.9 Å². The van der Waals surface area contributed by atoms with Crippen LogP contribution in [0.5, 0.6) is 0 Å². The number of rotatable bonds is 3. The molecule has 1 aliphatic heterocycles. The van der Waals surface area contributed by atoms with E-state index in [1.54, 1.807) is 0 Å². The smallest absolute Gasteiger partial charge is 0.399 e. The van der Waals surface area contributed by atoms with Crippen molar-refractivity contribution in [2.24, 2.45) is 0 Å². The molecule has 1 fully saturated rings. The van der Waals surface area contributed by atoms with E-state index < -0.39 is 7.12 Å². The zero-order valence-electron chi connectivity index (χ0n) is 18.4. The molecule has 4 heteroatoms. The van der Waals surface area contributed by atoms with E-state index in [4.69, 9.17) is 14.3 Å². The highest BCUT2D eigenvalue weighted by molar-refractivity contribution is 6.62. The van der Waals surface area contributed by atoms with Crippen molar-refractivity contribution in [1.29, 1.82) is 0 Å². The van der Waals surface area contributed by atoms with Gasteiger partial charge in [0.1, 0.15) is 0 Å². The molecule has 0 amide bonds. The fourth-order valence-electron chi connectivity index (χ4n) is 4.08. The quantitative estimate of drug-likeness (QED) is 0.398. The molecule has 0 atom stereocenters. The van der Waals surface area contributed by atoms with Crippen molar-refractivity contribution in [3.05, 3.63) is 85.1 Å². The summed E-state index contributed by atoms with van der Waals surface area (Å²) in [4.78, 5) is 4.78. The van der Waals surface area contributed by atoms with Crippen LogP contribution in [-0.2, 0) is 9.31 Å². The van der Waals surface area contributed by atoms with E-state index in [-0.39, 0.29) is 11.2 Å². The summed E-state index contributed by atoms with van der Waals surface area (Å²) in [5, 5.41) is 2.42. The molecule has 1 saturated heterocycles. The molecule has 31 heavy (non-hydrogen) atoms. The fourth-order valence-corrected chi connectivity index (χ4v) is 4.08. The fraction of sp³-hybridized carbons (Fsp3) is 0.222. The molecule has 0 unspecified atom stereocenters. The Labute approximate surface area is 184 Å². The predicted octanol–water partition coefficient (Wildman–Crippen LogP) is 5.87. The maximum Gasteiger partial charge on any atom is 0.496 e. The summed E-state index contributed by atoms with van der Waals surface area (Å²) in [6.07, 6.45) is 1.87. The van der Waals surface area contributed by atoms with Crippen molar-refractivity contribution in [1.82, 2.24) is 4.98 Å². The summed E-state index contributed by atoms with van der Waals surface area (Å²) in [6.45, 7) is 8.26. The monoisotopic (exact) mass is 407 g/mol. The summed E-state index contributed by atoms with van der Waals surface area (Å²) in [7, 11) is -0.399. The van der Waals surface area contributed by atoms with Crippen LogP contribution in [0.2, 0.25) is 0 Å². The number of benzene rings is 3. The van der Waals surface area contributed by atoms with Crippen molar-refractivity contribution in [3.8, 4) is 22.4 Å². The Kier molecular flexibility index (Phi) is 4.73. The molecule has 0 aliphatic carbocycles. The third kappa shape index (κ3) is 3.46. The molecule has 3 nitrogen and oxygen atoms in total. The van der Waals surface area contributed by atoms with Gasteiger partial charge in [0.15, 0.2) is 0 Å². The second-order valence-electron chi connectivity index (χ2n) is 9.14. The third-order valence-electron chi connectivity index (χ3n) is 6.60. The minimum Gasteiger partial charge on any atom is -0.399 e. The molecule has 0 spiro atoms. The van der Waals surface area contributed by atoms with Gasteiger partial charge >= 0.3 is 7.12 Å². The zero-order valence-corrected chi connectivity index (χ0v) is 18.4. The van der Waals surface area contributed by atoms with Crippen LogP contribution in [0, 0.1) is 0 Å². The SMILES string of the molecule is CC1(C)OB(c2ccc(-c3ccc(-c4ccccc4)c4ccccc34)nc2)OC1(C)C. The Hall–Kier alpha value is -2.95. The number of hydrogen-bond donors (Lipinski definition) is 0. The second kappa shape index (κ2) is 7.33. The molecule has 1 aliphatic rings. The molecule has 3 aromatic carbocycles. The second-order valence-corrected chi connectivity index (χ2v) is 9.14. The molecular formula is C27H26BNO2. The van der Waals surface area contributed by atoms with E-state index in [0.717, 1.165) is 16.7 Å². The minimum absolute atomic E-state index is 0.361. The Balaban J connectivity index is 1.52. The lowest BCUT2D eigenvalue weighted by Crippen LogP contribution is -2.41. The van der Waals surface area contributed by atoms with Crippen LogP contribution in [-0.4, -0.2) is 23.3 Å². The molecule has 0 N–H and O–H groups in total. The highest BCUT2D eigenvalue weighted by Gasteiger charge is 2.51. The molecule has 0 bridgehead atoms. The largest absolute Gasteiger partial charge is 0.496 e. The van der Waals surface area contributed by atoms with E-state index in [1.807, 2.05) is 12.3 Å². The lowest BCUT2D eigenvalue weighted by Gasteiger charge is -2.32. The van der Waals surface area contributed by atoms with Crippen LogP contribution in [0.1, 0.15) is 27.7 Å². The molecule has 0 radical (unpaired) electrons. The van der Waals surface area contributed by atoms with Gasteiger partial charge in [-0.2, -0.15) is 0 Å². The van der Waals surface area contributed by atoms with E-state index in [2.05, 4.69) is 100 Å². The average Bonchev–Trinajstić information content (AvgIpc) is 3.00. The van der Waals surface area contributed by atoms with Crippen LogP contribution in [0.4, 0.5) is 0 Å². The van der Waals surface area contributed by atoms with Gasteiger partial charge in [0.05, 0.1) is 16.9 Å². The van der Waals surface area contributed by atoms with Crippen LogP contribution in [0.3, 0.4) is 0 Å². The highest BCUT2D eigenvalue weighted by atomic mass is 16.7. The Morgan fingerprint density at radius 2 is 1.23 bits per heavy atom. The molecular weight excluding hydrogens is 381 g/mol. The van der Waals surface area contributed by atoms with Gasteiger partial charge in [0.2, 0.25) is 0 Å². The summed E-state index contributed by atoms with van der Waals surface area (Å²) < 4.78 is 12.3. The summed E-state index contributed by atoms with van der Waals surface area (Å²) in [6, 6.07) is 27.5. The van der Waals surface area contributed by atoms with Gasteiger partial charge < -0.3 is 9.31 Å². The zero-order chi connectivity index (χ0) is 21.6. The minimum atomic E-state index is -0.399. The lowest BCUT2D eigenvalue weighted by atomic mass is 9.80. The van der Waals surface area contributed by atoms with E-state index in [9.17, 15) is 0 Å². The van der Waals surface area contributed by atoms with Crippen LogP contribution >= 0.6 is 0 Å². The molecule has 4 aromatic rings. The first-order valence-electron chi connectivity index (χ1n) is 10.7. The van der Waals surface area contributed by atoms with Crippen molar-refractivity contribution in [2.45, 2.75) is 38.9 Å². The number of aromatic nitrogens is 1. The predicted molar refractivity (Wildman–Crippen MR) is 128 cm³/mol. The molecule has 0 saturated carbocycles. The first-order chi connectivity index (χ1) is 14.9. The van der Waals surface area contributed by atoms with Crippen LogP contribution in [0.25, 0.3) is 33.2 Å². The lowest BCUT2D eigenvalue weighted by molar-refractivity contribution is 0.00578. The summed E-state index contributed by atoms with van der Waals surface area (Å²) in [5.41, 5.74) is 4.72. The van der Waals surface area contributed by atoms with Gasteiger partial charge in [0.25, 0.3) is 0 Å². The van der Waals surface area contributed by atoms with Crippen LogP contribution in [0.15, 0.2) is 85.1 Å². The number of pyridine rings is 1. The number of hydrogen-bond acceptors (Lipinski definition) is 3. The van der Waals surface area contributed by atoms with E-state index >= 15 is 0 Å². The maximum atomic E-state index is 6.17. The van der Waals surface area contributed by atoms with Crippen molar-refractivity contribution >= 4 is 23.4 Å². The maximum absolute atomic E-state index is 6.17. The van der Waals surface area contributed by atoms with Gasteiger partial charge in [-0.1, -0.05) is 72.8 Å². The van der Waals surface area contributed by atoms with Gasteiger partial charge in [-0.25, -0.2) is 0 Å². The number of fused-ring (bicyclic) bond motifs is 1. The number of nitrogens with zero attached hydrogens (tertiary/aromatic N) is 1. The first-order valence-corrected chi connectivity index (χ1v) is 10.7. The normalized spacial score (nSPS) is 17.2. The van der Waals surface area contributed by atoms with Gasteiger partial charge in [-0.05, 0) is 55.7 Å². The van der Waals surface area contributed by atoms with E-state index in [0.29, 0.717) is 0 Å². The highest BCUT2D eigenvalue weighted by Crippen LogP contribution is 2.37. The Bertz CT molecular complexity index is 1220. The van der Waals surface area contributed by atoms with Crippen LogP contribution < -0.4 is 5.46 Å². The molecule has 1 aromatic heterocycles. The molecule has 154 valence electrons. The summed E-state index contributed by atoms with van der Waals surface area (Å²) in [5.74, 6) is 0. The first kappa shape index (κ1) is 20.0. The van der Waals surface area contributed by atoms with Gasteiger partial charge in [-0.15, -0.1) is 0 Å².